The molecule has 0 aliphatic carbocycles. The predicted octanol–water partition coefficient (Wildman–Crippen LogP) is 4.95. The normalized spacial score (nSPS) is 13.8. The second-order valence-corrected chi connectivity index (χ2v) is 6.92. The molecule has 0 fully saturated rings. The third-order valence-corrected chi connectivity index (χ3v) is 5.00. The van der Waals surface area contributed by atoms with E-state index in [1.165, 1.54) is 12.1 Å². The van der Waals surface area contributed by atoms with E-state index in [1.807, 2.05) is 29.2 Å². The number of primary amides is 1. The van der Waals surface area contributed by atoms with Crippen LogP contribution < -0.4 is 10.6 Å². The van der Waals surface area contributed by atoms with E-state index < -0.39 is 17.6 Å². The molecule has 148 valence electrons. The van der Waals surface area contributed by atoms with Gasteiger partial charge in [-0.25, -0.2) is 4.98 Å². The van der Waals surface area contributed by atoms with Gasteiger partial charge in [0.2, 0.25) is 0 Å². The van der Waals surface area contributed by atoms with Crippen molar-refractivity contribution in [2.45, 2.75) is 19.0 Å². The van der Waals surface area contributed by atoms with E-state index in [1.54, 1.807) is 12.1 Å². The molecule has 4 nitrogen and oxygen atoms in total. The third kappa shape index (κ3) is 3.81. The number of alkyl halides is 3. The van der Waals surface area contributed by atoms with Crippen LogP contribution in [0.2, 0.25) is 0 Å². The summed E-state index contributed by atoms with van der Waals surface area (Å²) in [4.78, 5) is 17.7. The number of aryl methyl sites for hydroxylation is 1. The quantitative estimate of drug-likeness (QED) is 0.680. The highest BCUT2D eigenvalue weighted by Crippen LogP contribution is 2.37. The summed E-state index contributed by atoms with van der Waals surface area (Å²) in [5.74, 6) is -0.585. The SMILES string of the molecule is NC(=O)c1cccc(-c2ccc3c(c2)CCCN3c2ccc(C(F)(F)F)cc2)n1. The molecule has 1 aromatic heterocycles. The molecule has 0 saturated heterocycles. The molecule has 7 heteroatoms. The minimum atomic E-state index is -4.35. The van der Waals surface area contributed by atoms with E-state index in [2.05, 4.69) is 4.98 Å². The average Bonchev–Trinajstić information content (AvgIpc) is 2.72. The molecule has 2 N–H and O–H groups in total. The Hall–Kier alpha value is -3.35. The summed E-state index contributed by atoms with van der Waals surface area (Å²) in [6.07, 6.45) is -2.61. The van der Waals surface area contributed by atoms with Gasteiger partial charge in [-0.3, -0.25) is 4.79 Å². The van der Waals surface area contributed by atoms with Gasteiger partial charge in [-0.1, -0.05) is 12.1 Å². The number of benzene rings is 2. The Morgan fingerprint density at radius 1 is 1.03 bits per heavy atom. The first kappa shape index (κ1) is 19.0. The summed E-state index contributed by atoms with van der Waals surface area (Å²) in [7, 11) is 0. The number of carbonyl (C=O) groups excluding carboxylic acids is 1. The molecule has 4 rings (SSSR count). The maximum Gasteiger partial charge on any atom is 0.416 e. The van der Waals surface area contributed by atoms with Gasteiger partial charge in [-0.15, -0.1) is 0 Å². The van der Waals surface area contributed by atoms with Crippen LogP contribution in [0.1, 0.15) is 28.0 Å². The smallest absolute Gasteiger partial charge is 0.364 e. The van der Waals surface area contributed by atoms with Crippen molar-refractivity contribution in [1.29, 1.82) is 0 Å². The van der Waals surface area contributed by atoms with Gasteiger partial charge in [-0.2, -0.15) is 13.2 Å². The molecule has 0 saturated carbocycles. The lowest BCUT2D eigenvalue weighted by Crippen LogP contribution is -2.24. The van der Waals surface area contributed by atoms with Crippen LogP contribution in [0.4, 0.5) is 24.5 Å². The lowest BCUT2D eigenvalue weighted by Gasteiger charge is -2.32. The molecule has 1 amide bonds. The van der Waals surface area contributed by atoms with Gasteiger partial charge in [0.15, 0.2) is 0 Å². The van der Waals surface area contributed by atoms with Gasteiger partial charge in [0.1, 0.15) is 5.69 Å². The van der Waals surface area contributed by atoms with Crippen LogP contribution in [0.5, 0.6) is 0 Å². The van der Waals surface area contributed by atoms with E-state index >= 15 is 0 Å². The summed E-state index contributed by atoms with van der Waals surface area (Å²) in [6.45, 7) is 0.729. The molecule has 29 heavy (non-hydrogen) atoms. The monoisotopic (exact) mass is 397 g/mol. The number of halogens is 3. The van der Waals surface area contributed by atoms with Crippen LogP contribution in [0.15, 0.2) is 60.7 Å². The maximum absolute atomic E-state index is 12.8. The van der Waals surface area contributed by atoms with E-state index in [9.17, 15) is 18.0 Å². The van der Waals surface area contributed by atoms with E-state index in [4.69, 9.17) is 5.73 Å². The molecular formula is C22H18F3N3O. The van der Waals surface area contributed by atoms with Crippen molar-refractivity contribution in [1.82, 2.24) is 4.98 Å². The fraction of sp³-hybridized carbons (Fsp3) is 0.182. The number of hydrogen-bond donors (Lipinski definition) is 1. The highest BCUT2D eigenvalue weighted by molar-refractivity contribution is 5.91. The van der Waals surface area contributed by atoms with E-state index in [0.717, 1.165) is 54.0 Å². The highest BCUT2D eigenvalue weighted by atomic mass is 19.4. The van der Waals surface area contributed by atoms with Crippen LogP contribution in [-0.2, 0) is 12.6 Å². The molecule has 0 unspecified atom stereocenters. The number of pyridine rings is 1. The van der Waals surface area contributed by atoms with Crippen LogP contribution in [0, 0.1) is 0 Å². The molecule has 1 aliphatic rings. The number of rotatable bonds is 3. The number of amides is 1. The second kappa shape index (κ2) is 7.24. The number of carbonyl (C=O) groups is 1. The number of aromatic nitrogens is 1. The van der Waals surface area contributed by atoms with Gasteiger partial charge < -0.3 is 10.6 Å². The molecule has 0 bridgehead atoms. The van der Waals surface area contributed by atoms with Crippen LogP contribution in [-0.4, -0.2) is 17.4 Å². The molecular weight excluding hydrogens is 379 g/mol. The zero-order valence-electron chi connectivity index (χ0n) is 15.4. The van der Waals surface area contributed by atoms with Gasteiger partial charge >= 0.3 is 6.18 Å². The van der Waals surface area contributed by atoms with Gasteiger partial charge in [0.05, 0.1) is 11.3 Å². The van der Waals surface area contributed by atoms with Crippen molar-refractivity contribution in [2.24, 2.45) is 5.73 Å². The fourth-order valence-corrected chi connectivity index (χ4v) is 3.59. The van der Waals surface area contributed by atoms with Crippen molar-refractivity contribution in [3.63, 3.8) is 0 Å². The summed E-state index contributed by atoms with van der Waals surface area (Å²) >= 11 is 0. The topological polar surface area (TPSA) is 59.2 Å². The Balaban J connectivity index is 1.67. The van der Waals surface area contributed by atoms with E-state index in [-0.39, 0.29) is 5.69 Å². The lowest BCUT2D eigenvalue weighted by molar-refractivity contribution is -0.137. The first-order chi connectivity index (χ1) is 13.8. The molecule has 3 aromatic rings. The van der Waals surface area contributed by atoms with Gasteiger partial charge in [0, 0.05) is 23.5 Å². The van der Waals surface area contributed by atoms with Crippen molar-refractivity contribution in [2.75, 3.05) is 11.4 Å². The van der Waals surface area contributed by atoms with E-state index in [0.29, 0.717) is 5.69 Å². The zero-order valence-corrected chi connectivity index (χ0v) is 15.4. The van der Waals surface area contributed by atoms with Crippen molar-refractivity contribution in [3.8, 4) is 11.3 Å². The molecule has 0 radical (unpaired) electrons. The van der Waals surface area contributed by atoms with Crippen molar-refractivity contribution >= 4 is 17.3 Å². The zero-order chi connectivity index (χ0) is 20.6. The molecule has 0 atom stereocenters. The third-order valence-electron chi connectivity index (χ3n) is 5.00. The fourth-order valence-electron chi connectivity index (χ4n) is 3.59. The Kier molecular flexibility index (Phi) is 4.74. The Morgan fingerprint density at radius 2 is 1.79 bits per heavy atom. The van der Waals surface area contributed by atoms with Crippen LogP contribution in [0.25, 0.3) is 11.3 Å². The average molecular weight is 397 g/mol. The summed E-state index contributed by atoms with van der Waals surface area (Å²) in [6, 6.07) is 16.2. The van der Waals surface area contributed by atoms with Crippen molar-refractivity contribution in [3.05, 3.63) is 77.5 Å². The standard InChI is InChI=1S/C22H18F3N3O/c23-22(24,25)16-7-9-17(10-8-16)28-12-2-3-15-13-14(6-11-20(15)28)18-4-1-5-19(27-18)21(26)29/h1,4-11,13H,2-3,12H2,(H2,26,29). The van der Waals surface area contributed by atoms with Crippen LogP contribution in [0.3, 0.4) is 0 Å². The number of fused-ring (bicyclic) bond motifs is 1. The number of hydrogen-bond acceptors (Lipinski definition) is 3. The number of anilines is 2. The first-order valence-electron chi connectivity index (χ1n) is 9.18. The largest absolute Gasteiger partial charge is 0.416 e. The second-order valence-electron chi connectivity index (χ2n) is 6.92. The summed E-state index contributed by atoms with van der Waals surface area (Å²) < 4.78 is 38.5. The molecule has 2 heterocycles. The highest BCUT2D eigenvalue weighted by Gasteiger charge is 2.30. The van der Waals surface area contributed by atoms with Crippen molar-refractivity contribution < 1.29 is 18.0 Å². The Bertz CT molecular complexity index is 1060. The minimum absolute atomic E-state index is 0.201. The minimum Gasteiger partial charge on any atom is -0.364 e. The maximum atomic E-state index is 12.8. The lowest BCUT2D eigenvalue weighted by atomic mass is 9.97. The summed E-state index contributed by atoms with van der Waals surface area (Å²) in [5.41, 5.74) is 9.14. The molecule has 0 spiro atoms. The number of nitrogens with two attached hydrogens (primary N) is 1. The van der Waals surface area contributed by atoms with Gasteiger partial charge in [0.25, 0.3) is 5.91 Å². The predicted molar refractivity (Wildman–Crippen MR) is 105 cm³/mol. The molecule has 2 aromatic carbocycles. The van der Waals surface area contributed by atoms with Crippen LogP contribution >= 0.6 is 0 Å². The first-order valence-corrected chi connectivity index (χ1v) is 9.18. The van der Waals surface area contributed by atoms with Gasteiger partial charge in [-0.05, 0) is 66.9 Å². The molecule has 1 aliphatic heterocycles. The number of nitrogens with zero attached hydrogens (tertiary/aromatic N) is 2. The summed E-state index contributed by atoms with van der Waals surface area (Å²) in [5, 5.41) is 0. The Labute approximate surface area is 165 Å². The Morgan fingerprint density at radius 3 is 2.48 bits per heavy atom.